The normalized spacial score (nSPS) is 14.2. The maximum Gasteiger partial charge on any atom is 0.0465 e. The number of halogens is 1. The Hall–Kier alpha value is 0.1000. The first kappa shape index (κ1) is 13.2. The number of hydrogen-bond acceptors (Lipinski definition) is 3. The first-order valence-corrected chi connectivity index (χ1v) is 6.80. The Morgan fingerprint density at radius 1 is 1.60 bits per heavy atom. The number of nitrogens with one attached hydrogen (secondary N) is 1. The molecule has 0 aliphatic heterocycles. The Bertz CT molecular complexity index is 309. The zero-order valence-corrected chi connectivity index (χ0v) is 11.9. The quantitative estimate of drug-likeness (QED) is 0.874. The molecule has 0 amide bonds. The molecule has 1 heterocycles. The highest BCUT2D eigenvalue weighted by molar-refractivity contribution is 9.10. The van der Waals surface area contributed by atoms with E-state index in [9.17, 15) is 0 Å². The van der Waals surface area contributed by atoms with Crippen LogP contribution in [0.3, 0.4) is 0 Å². The van der Waals surface area contributed by atoms with Crippen LogP contribution in [0.2, 0.25) is 0 Å². The second kappa shape index (κ2) is 5.43. The van der Waals surface area contributed by atoms with Crippen LogP contribution in [-0.4, -0.2) is 13.6 Å². The van der Waals surface area contributed by atoms with Crippen molar-refractivity contribution in [2.24, 2.45) is 11.1 Å². The smallest absolute Gasteiger partial charge is 0.0465 e. The van der Waals surface area contributed by atoms with Crippen molar-refractivity contribution in [1.82, 2.24) is 5.32 Å². The predicted molar refractivity (Wildman–Crippen MR) is 71.3 cm³/mol. The van der Waals surface area contributed by atoms with E-state index in [4.69, 9.17) is 5.73 Å². The molecule has 0 aliphatic rings. The van der Waals surface area contributed by atoms with Gasteiger partial charge in [-0.1, -0.05) is 13.8 Å². The van der Waals surface area contributed by atoms with Crippen LogP contribution in [0.5, 0.6) is 0 Å². The van der Waals surface area contributed by atoms with Crippen molar-refractivity contribution in [3.63, 3.8) is 0 Å². The predicted octanol–water partition coefficient (Wildman–Crippen LogP) is 3.15. The van der Waals surface area contributed by atoms with Gasteiger partial charge in [-0.15, -0.1) is 11.3 Å². The second-order valence-corrected chi connectivity index (χ2v) is 6.27. The minimum atomic E-state index is 0.188. The van der Waals surface area contributed by atoms with E-state index in [1.54, 1.807) is 11.3 Å². The first-order valence-electron chi connectivity index (χ1n) is 5.12. The van der Waals surface area contributed by atoms with E-state index in [0.29, 0.717) is 6.04 Å². The molecule has 0 aliphatic carbocycles. The molecule has 0 saturated heterocycles. The third-order valence-corrected chi connectivity index (χ3v) is 4.49. The van der Waals surface area contributed by atoms with Gasteiger partial charge in [0.15, 0.2) is 0 Å². The van der Waals surface area contributed by atoms with Gasteiger partial charge in [0.1, 0.15) is 0 Å². The summed E-state index contributed by atoms with van der Waals surface area (Å²) in [4.78, 5) is 1.36. The molecule has 4 heteroatoms. The molecule has 1 unspecified atom stereocenters. The monoisotopic (exact) mass is 290 g/mol. The Balaban J connectivity index is 2.88. The van der Waals surface area contributed by atoms with Crippen molar-refractivity contribution in [1.29, 1.82) is 0 Å². The lowest BCUT2D eigenvalue weighted by atomic mass is 9.80. The average molecular weight is 291 g/mol. The fraction of sp³-hybridized carbons (Fsp3) is 0.636. The highest BCUT2D eigenvalue weighted by atomic mass is 79.9. The highest BCUT2D eigenvalue weighted by Crippen LogP contribution is 2.39. The van der Waals surface area contributed by atoms with Gasteiger partial charge in [0.25, 0.3) is 0 Å². The summed E-state index contributed by atoms with van der Waals surface area (Å²) < 4.78 is 1.16. The van der Waals surface area contributed by atoms with Crippen LogP contribution in [0.4, 0.5) is 0 Å². The van der Waals surface area contributed by atoms with Crippen LogP contribution in [0.1, 0.15) is 31.2 Å². The van der Waals surface area contributed by atoms with Crippen LogP contribution in [0.15, 0.2) is 15.9 Å². The van der Waals surface area contributed by atoms with E-state index in [2.05, 4.69) is 46.5 Å². The van der Waals surface area contributed by atoms with Gasteiger partial charge in [-0.25, -0.2) is 0 Å². The van der Waals surface area contributed by atoms with Crippen LogP contribution in [0.25, 0.3) is 0 Å². The molecule has 0 saturated carbocycles. The van der Waals surface area contributed by atoms with Crippen LogP contribution >= 0.6 is 27.3 Å². The van der Waals surface area contributed by atoms with E-state index < -0.39 is 0 Å². The van der Waals surface area contributed by atoms with Crippen LogP contribution < -0.4 is 11.1 Å². The summed E-state index contributed by atoms with van der Waals surface area (Å²) in [5.41, 5.74) is 5.85. The Kier molecular flexibility index (Phi) is 4.77. The Labute approximate surface area is 104 Å². The fourth-order valence-corrected chi connectivity index (χ4v) is 3.68. The van der Waals surface area contributed by atoms with Gasteiger partial charge in [0.2, 0.25) is 0 Å². The Morgan fingerprint density at radius 3 is 2.67 bits per heavy atom. The van der Waals surface area contributed by atoms with Gasteiger partial charge in [-0.2, -0.15) is 0 Å². The van der Waals surface area contributed by atoms with Gasteiger partial charge >= 0.3 is 0 Å². The van der Waals surface area contributed by atoms with E-state index in [-0.39, 0.29) is 5.41 Å². The van der Waals surface area contributed by atoms with Crippen molar-refractivity contribution >= 4 is 27.3 Å². The lowest BCUT2D eigenvalue weighted by Gasteiger charge is -2.33. The highest BCUT2D eigenvalue weighted by Gasteiger charge is 2.29. The molecule has 1 rings (SSSR count). The van der Waals surface area contributed by atoms with Crippen molar-refractivity contribution in [2.45, 2.75) is 26.3 Å². The topological polar surface area (TPSA) is 38.0 Å². The molecule has 15 heavy (non-hydrogen) atoms. The molecule has 0 spiro atoms. The second-order valence-electron chi connectivity index (χ2n) is 4.42. The van der Waals surface area contributed by atoms with E-state index in [1.807, 2.05) is 7.05 Å². The maximum atomic E-state index is 5.66. The van der Waals surface area contributed by atoms with Gasteiger partial charge in [-0.05, 0) is 47.4 Å². The third kappa shape index (κ3) is 3.28. The Morgan fingerprint density at radius 2 is 2.27 bits per heavy atom. The van der Waals surface area contributed by atoms with Gasteiger partial charge < -0.3 is 11.1 Å². The summed E-state index contributed by atoms with van der Waals surface area (Å²) in [5, 5.41) is 5.51. The molecule has 1 aromatic rings. The van der Waals surface area contributed by atoms with Crippen molar-refractivity contribution in [2.75, 3.05) is 13.6 Å². The van der Waals surface area contributed by atoms with Crippen molar-refractivity contribution < 1.29 is 0 Å². The van der Waals surface area contributed by atoms with Crippen molar-refractivity contribution in [3.8, 4) is 0 Å². The van der Waals surface area contributed by atoms with Crippen LogP contribution in [0, 0.1) is 5.41 Å². The average Bonchev–Trinajstić information content (AvgIpc) is 2.52. The summed E-state index contributed by atoms with van der Waals surface area (Å²) >= 11 is 5.28. The summed E-state index contributed by atoms with van der Waals surface area (Å²) in [5.74, 6) is 0. The van der Waals surface area contributed by atoms with Crippen LogP contribution in [-0.2, 0) is 0 Å². The molecule has 0 radical (unpaired) electrons. The lowest BCUT2D eigenvalue weighted by Crippen LogP contribution is -2.33. The molecular formula is C11H19BrN2S. The fourth-order valence-electron chi connectivity index (χ4n) is 1.91. The van der Waals surface area contributed by atoms with E-state index >= 15 is 0 Å². The van der Waals surface area contributed by atoms with Gasteiger partial charge in [0, 0.05) is 20.8 Å². The molecule has 86 valence electrons. The minimum Gasteiger partial charge on any atom is -0.330 e. The molecule has 0 bridgehead atoms. The number of nitrogens with two attached hydrogens (primary N) is 1. The summed E-state index contributed by atoms with van der Waals surface area (Å²) in [7, 11) is 2.01. The minimum absolute atomic E-state index is 0.188. The zero-order chi connectivity index (χ0) is 11.5. The first-order chi connectivity index (χ1) is 7.01. The van der Waals surface area contributed by atoms with Crippen molar-refractivity contribution in [3.05, 3.63) is 20.8 Å². The molecule has 1 atom stereocenters. The number of thiophene rings is 1. The summed E-state index contributed by atoms with van der Waals surface area (Å²) in [6.45, 7) is 5.25. The van der Waals surface area contributed by atoms with Gasteiger partial charge in [-0.3, -0.25) is 0 Å². The largest absolute Gasteiger partial charge is 0.330 e. The number of rotatable bonds is 5. The molecule has 1 aromatic heterocycles. The molecule has 0 fully saturated rings. The lowest BCUT2D eigenvalue weighted by molar-refractivity contribution is 0.242. The summed E-state index contributed by atoms with van der Waals surface area (Å²) in [6.07, 6.45) is 1.02. The molecule has 2 nitrogen and oxygen atoms in total. The zero-order valence-electron chi connectivity index (χ0n) is 9.51. The van der Waals surface area contributed by atoms with E-state index in [1.165, 1.54) is 4.88 Å². The standard InChI is InChI=1S/C11H19BrN2S/c1-11(2,4-5-13)10(14-3)9-6-8(12)7-15-9/h6-7,10,14H,4-5,13H2,1-3H3. The SMILES string of the molecule is CNC(c1cc(Br)cs1)C(C)(C)CCN. The number of hydrogen-bond donors (Lipinski definition) is 2. The molecule has 0 aromatic carbocycles. The molecule has 3 N–H and O–H groups in total. The maximum absolute atomic E-state index is 5.66. The van der Waals surface area contributed by atoms with E-state index in [0.717, 1.165) is 17.4 Å². The molecular weight excluding hydrogens is 272 g/mol. The van der Waals surface area contributed by atoms with Gasteiger partial charge in [0.05, 0.1) is 0 Å². The third-order valence-electron chi connectivity index (χ3n) is 2.73. The summed E-state index contributed by atoms with van der Waals surface area (Å²) in [6, 6.07) is 2.56.